The second kappa shape index (κ2) is 25.6. The van der Waals surface area contributed by atoms with E-state index >= 15 is 0 Å². The molecule has 71 heavy (non-hydrogen) atoms. The molecule has 21 heteroatoms. The van der Waals surface area contributed by atoms with E-state index in [0.29, 0.717) is 52.8 Å². The van der Waals surface area contributed by atoms with E-state index in [1.807, 2.05) is 0 Å². The second-order valence-corrected chi connectivity index (χ2v) is 18.3. The Labute approximate surface area is 435 Å². The summed E-state index contributed by atoms with van der Waals surface area (Å²) in [4.78, 5) is 79.8. The van der Waals surface area contributed by atoms with Gasteiger partial charge in [0.25, 0.3) is 23.6 Å². The molecule has 5 aromatic rings. The van der Waals surface area contributed by atoms with Crippen molar-refractivity contribution in [3.8, 4) is 11.5 Å². The third-order valence-corrected chi connectivity index (χ3v) is 11.8. The maximum absolute atomic E-state index is 13.6. The van der Waals surface area contributed by atoms with Gasteiger partial charge in [0.15, 0.2) is 11.6 Å². The Morgan fingerprint density at radius 1 is 0.535 bits per heavy atom. The number of nitrogens with one attached hydrogen (secondary N) is 4. The highest BCUT2D eigenvalue weighted by Gasteiger charge is 2.28. The summed E-state index contributed by atoms with van der Waals surface area (Å²) in [7, 11) is 0. The first-order valence-corrected chi connectivity index (χ1v) is 24.1. The molecule has 0 spiro atoms. The van der Waals surface area contributed by atoms with Crippen LogP contribution in [0.1, 0.15) is 102 Å². The number of hydrogen-bond donors (Lipinski definition) is 4. The van der Waals surface area contributed by atoms with Gasteiger partial charge in [-0.2, -0.15) is 20.5 Å². The molecule has 16 nitrogen and oxygen atoms in total. The van der Waals surface area contributed by atoms with Crippen LogP contribution in [0.4, 0.5) is 34.1 Å². The van der Waals surface area contributed by atoms with Gasteiger partial charge in [-0.25, -0.2) is 0 Å². The lowest BCUT2D eigenvalue weighted by Gasteiger charge is -2.18. The number of ketones is 2. The first kappa shape index (κ1) is 55.5. The monoisotopic (exact) mass is 1060 g/mol. The number of ether oxygens (including phenoxy) is 2. The lowest BCUT2D eigenvalue weighted by Crippen LogP contribution is -2.32. The van der Waals surface area contributed by atoms with Crippen molar-refractivity contribution in [3.63, 3.8) is 0 Å². The Hall–Kier alpha value is -6.43. The Kier molecular flexibility index (Phi) is 20.0. The molecule has 0 heterocycles. The Balaban J connectivity index is 1.31. The standard InChI is InChI=1S/C50H49Cl5N8O8/c1-8-70-39-20-12-14-31(25(3)51)45(39)58-47(66)33-16-10-18-37(41(33)54)60-62-43(28(6)64)49(68)56-30-22-23-36(35(24-30)27(5)53)57-50(69)44(29(7)65)63-61-38-19-11-17-34(42(38)55)48(67)59-46-32(26(4)52)15-13-21-40(46)71-9-2/h10-27,43-44H,8-9H2,1-7H3,(H,56,68)(H,57,69)(H,58,66)(H,59,67). The maximum Gasteiger partial charge on any atom is 0.258 e. The summed E-state index contributed by atoms with van der Waals surface area (Å²) in [6.07, 6.45) is 0. The van der Waals surface area contributed by atoms with E-state index in [1.54, 1.807) is 71.0 Å². The predicted molar refractivity (Wildman–Crippen MR) is 279 cm³/mol. The van der Waals surface area contributed by atoms with Crippen LogP contribution in [0.2, 0.25) is 10.0 Å². The number of para-hydroxylation sites is 2. The topological polar surface area (TPSA) is 218 Å². The number of rotatable bonds is 21. The molecule has 0 bridgehead atoms. The van der Waals surface area contributed by atoms with Crippen molar-refractivity contribution in [3.05, 3.63) is 129 Å². The number of hydrogen-bond acceptors (Lipinski definition) is 12. The van der Waals surface area contributed by atoms with Crippen LogP contribution in [0, 0.1) is 0 Å². The van der Waals surface area contributed by atoms with Crippen molar-refractivity contribution in [2.45, 2.75) is 76.7 Å². The van der Waals surface area contributed by atoms with Gasteiger partial charge in [0.1, 0.15) is 22.9 Å². The lowest BCUT2D eigenvalue weighted by atomic mass is 10.1. The van der Waals surface area contributed by atoms with Gasteiger partial charge < -0.3 is 30.7 Å². The van der Waals surface area contributed by atoms with Crippen molar-refractivity contribution in [2.75, 3.05) is 34.5 Å². The fourth-order valence-corrected chi connectivity index (χ4v) is 7.90. The molecule has 5 atom stereocenters. The van der Waals surface area contributed by atoms with Crippen molar-refractivity contribution in [1.29, 1.82) is 0 Å². The number of azo groups is 2. The highest BCUT2D eigenvalue weighted by molar-refractivity contribution is 6.37. The number of amides is 4. The Morgan fingerprint density at radius 2 is 0.944 bits per heavy atom. The van der Waals surface area contributed by atoms with Gasteiger partial charge in [-0.05, 0) is 120 Å². The van der Waals surface area contributed by atoms with Gasteiger partial charge in [-0.1, -0.05) is 59.6 Å². The van der Waals surface area contributed by atoms with E-state index in [1.165, 1.54) is 54.6 Å². The van der Waals surface area contributed by atoms with Gasteiger partial charge in [0.2, 0.25) is 12.1 Å². The van der Waals surface area contributed by atoms with Gasteiger partial charge in [0, 0.05) is 11.4 Å². The minimum Gasteiger partial charge on any atom is -0.492 e. The number of halogens is 5. The molecule has 0 fully saturated rings. The summed E-state index contributed by atoms with van der Waals surface area (Å²) < 4.78 is 11.4. The first-order chi connectivity index (χ1) is 33.8. The number of carbonyl (C=O) groups excluding carboxylic acids is 6. The molecule has 0 radical (unpaired) electrons. The zero-order valence-electron chi connectivity index (χ0n) is 39.4. The minimum atomic E-state index is -1.66. The molecule has 4 amide bonds. The van der Waals surface area contributed by atoms with Crippen molar-refractivity contribution in [1.82, 2.24) is 0 Å². The van der Waals surface area contributed by atoms with Crippen LogP contribution in [-0.4, -0.2) is 60.5 Å². The van der Waals surface area contributed by atoms with E-state index in [4.69, 9.17) is 67.5 Å². The molecule has 0 saturated heterocycles. The average molecular weight is 1070 g/mol. The van der Waals surface area contributed by atoms with E-state index in [0.717, 1.165) is 13.8 Å². The molecule has 0 saturated carbocycles. The number of alkyl halides is 3. The minimum absolute atomic E-state index is 0.0000491. The van der Waals surface area contributed by atoms with Gasteiger partial charge >= 0.3 is 0 Å². The van der Waals surface area contributed by atoms with Crippen LogP contribution in [0.15, 0.2) is 111 Å². The van der Waals surface area contributed by atoms with Gasteiger partial charge in [-0.15, -0.1) is 34.8 Å². The van der Waals surface area contributed by atoms with Crippen molar-refractivity contribution < 1.29 is 38.2 Å². The van der Waals surface area contributed by atoms with Gasteiger partial charge in [0.05, 0.1) is 61.9 Å². The maximum atomic E-state index is 13.6. The molecule has 0 aromatic heterocycles. The van der Waals surface area contributed by atoms with Crippen LogP contribution in [-0.2, 0) is 19.2 Å². The molecule has 4 N–H and O–H groups in total. The van der Waals surface area contributed by atoms with E-state index in [9.17, 15) is 28.8 Å². The number of anilines is 4. The third-order valence-electron chi connectivity index (χ3n) is 10.3. The zero-order valence-corrected chi connectivity index (χ0v) is 43.2. The number of Topliss-reactive ketones (excluding diaryl/α,β-unsaturated/α-hetero) is 2. The quantitative estimate of drug-likeness (QED) is 0.0314. The summed E-state index contributed by atoms with van der Waals surface area (Å²) in [5.74, 6) is -3.46. The van der Waals surface area contributed by atoms with Crippen LogP contribution in [0.5, 0.6) is 11.5 Å². The van der Waals surface area contributed by atoms with Crippen molar-refractivity contribution >= 4 is 127 Å². The summed E-state index contributed by atoms with van der Waals surface area (Å²) >= 11 is 32.6. The summed E-state index contributed by atoms with van der Waals surface area (Å²) in [5, 5.41) is 25.2. The van der Waals surface area contributed by atoms with Crippen molar-refractivity contribution in [2.24, 2.45) is 20.5 Å². The lowest BCUT2D eigenvalue weighted by molar-refractivity contribution is -0.127. The zero-order chi connectivity index (χ0) is 52.1. The van der Waals surface area contributed by atoms with Crippen LogP contribution in [0.25, 0.3) is 0 Å². The molecular formula is C50H49Cl5N8O8. The smallest absolute Gasteiger partial charge is 0.258 e. The Bertz CT molecular complexity index is 2890. The normalized spacial score (nSPS) is 13.4. The molecule has 0 aliphatic heterocycles. The fourth-order valence-electron chi connectivity index (χ4n) is 6.86. The SMILES string of the molecule is CCOc1cccc(C(C)Cl)c1NC(=O)c1cccc(N=NC(C(C)=O)C(=O)Nc2ccc(NC(=O)C(N=Nc3cccc(C(=O)Nc4c(OCC)cccc4C(C)Cl)c3Cl)C(C)=O)c(C(C)Cl)c2)c1Cl. The largest absolute Gasteiger partial charge is 0.492 e. The molecule has 5 aromatic carbocycles. The van der Waals surface area contributed by atoms with E-state index < -0.39 is 63.4 Å². The molecule has 0 aliphatic carbocycles. The molecule has 0 aliphatic rings. The molecular weight excluding hydrogens is 1020 g/mol. The highest BCUT2D eigenvalue weighted by Crippen LogP contribution is 2.39. The summed E-state index contributed by atoms with van der Waals surface area (Å²) in [5.41, 5.74) is 2.67. The van der Waals surface area contributed by atoms with Gasteiger partial charge in [-0.3, -0.25) is 28.8 Å². The van der Waals surface area contributed by atoms with E-state index in [-0.39, 0.29) is 43.9 Å². The predicted octanol–water partition coefficient (Wildman–Crippen LogP) is 13.6. The fraction of sp³-hybridized carbons (Fsp3) is 0.280. The number of nitrogens with zero attached hydrogens (tertiary/aromatic N) is 4. The number of benzene rings is 5. The van der Waals surface area contributed by atoms with Crippen LogP contribution >= 0.6 is 58.0 Å². The average Bonchev–Trinajstić information content (AvgIpc) is 3.31. The summed E-state index contributed by atoms with van der Waals surface area (Å²) in [6, 6.07) is 20.3. The summed E-state index contributed by atoms with van der Waals surface area (Å²) in [6.45, 7) is 11.7. The van der Waals surface area contributed by atoms with Crippen LogP contribution in [0.3, 0.4) is 0 Å². The van der Waals surface area contributed by atoms with Crippen LogP contribution < -0.4 is 30.7 Å². The second-order valence-electron chi connectivity index (χ2n) is 15.6. The third kappa shape index (κ3) is 14.1. The molecule has 5 unspecified atom stereocenters. The first-order valence-electron chi connectivity index (χ1n) is 22.0. The number of carbonyl (C=O) groups is 6. The van der Waals surface area contributed by atoms with E-state index in [2.05, 4.69) is 41.7 Å². The highest BCUT2D eigenvalue weighted by atomic mass is 35.5. The Morgan fingerprint density at radius 3 is 1.34 bits per heavy atom. The molecule has 372 valence electrons. The molecule has 5 rings (SSSR count).